The lowest BCUT2D eigenvalue weighted by Gasteiger charge is -2.05. The Morgan fingerprint density at radius 3 is 2.75 bits per heavy atom. The highest BCUT2D eigenvalue weighted by atomic mass is 16.6. The van der Waals surface area contributed by atoms with Gasteiger partial charge in [0.2, 0.25) is 0 Å². The summed E-state index contributed by atoms with van der Waals surface area (Å²) in [6, 6.07) is 1.59. The van der Waals surface area contributed by atoms with Crippen molar-refractivity contribution < 1.29 is 9.66 Å². The van der Waals surface area contributed by atoms with Crippen molar-refractivity contribution in [2.24, 2.45) is 0 Å². The van der Waals surface area contributed by atoms with Crippen LogP contribution in [0, 0.1) is 10.1 Å². The van der Waals surface area contributed by atoms with Gasteiger partial charge in [0.15, 0.2) is 0 Å². The highest BCUT2D eigenvalue weighted by Gasteiger charge is 2.51. The quantitative estimate of drug-likeness (QED) is 0.296. The van der Waals surface area contributed by atoms with E-state index < -0.39 is 4.92 Å². The second kappa shape index (κ2) is 7.79. The number of hydrogen-bond acceptors (Lipinski definition) is 3. The maximum absolute atomic E-state index is 10.7. The second-order valence-electron chi connectivity index (χ2n) is 7.18. The molecule has 1 N–H and O–H groups in total. The van der Waals surface area contributed by atoms with Crippen molar-refractivity contribution in [3.8, 4) is 0 Å². The largest absolute Gasteiger partial charge is 0.366 e. The molecule has 0 aliphatic carbocycles. The van der Waals surface area contributed by atoms with Crippen molar-refractivity contribution in [3.05, 3.63) is 51.2 Å². The SMILES string of the molecule is CC(C)=CCCC(C)=CCC[C@@]1(C)O[C@@H]1Cc1c[nH]c([N+](=O)[O-])c1. The van der Waals surface area contributed by atoms with Crippen LogP contribution in [0.3, 0.4) is 0 Å². The van der Waals surface area contributed by atoms with Crippen molar-refractivity contribution in [1.29, 1.82) is 0 Å². The molecule has 0 unspecified atom stereocenters. The smallest absolute Gasteiger partial charge is 0.321 e. The lowest BCUT2D eigenvalue weighted by molar-refractivity contribution is -0.389. The zero-order valence-electron chi connectivity index (χ0n) is 15.1. The van der Waals surface area contributed by atoms with E-state index in [1.165, 1.54) is 11.1 Å². The van der Waals surface area contributed by atoms with Gasteiger partial charge in [-0.2, -0.15) is 0 Å². The Morgan fingerprint density at radius 1 is 1.38 bits per heavy atom. The van der Waals surface area contributed by atoms with E-state index in [0.717, 1.165) is 37.7 Å². The number of H-pyrrole nitrogens is 1. The molecule has 0 bridgehead atoms. The third-order valence-electron chi connectivity index (χ3n) is 4.61. The lowest BCUT2D eigenvalue weighted by atomic mass is 9.96. The predicted molar refractivity (Wildman–Crippen MR) is 96.1 cm³/mol. The molecule has 1 aliphatic rings. The summed E-state index contributed by atoms with van der Waals surface area (Å²) in [5, 5.41) is 10.7. The van der Waals surface area contributed by atoms with Gasteiger partial charge in [-0.3, -0.25) is 0 Å². The van der Waals surface area contributed by atoms with Gasteiger partial charge in [0, 0.05) is 18.1 Å². The summed E-state index contributed by atoms with van der Waals surface area (Å²) < 4.78 is 5.85. The molecule has 0 aromatic carbocycles. The molecule has 5 heteroatoms. The van der Waals surface area contributed by atoms with Crippen LogP contribution in [0.15, 0.2) is 35.6 Å². The van der Waals surface area contributed by atoms with Crippen molar-refractivity contribution in [2.45, 2.75) is 71.5 Å². The van der Waals surface area contributed by atoms with Crippen molar-refractivity contribution in [3.63, 3.8) is 0 Å². The molecule has 2 rings (SSSR count). The fourth-order valence-corrected chi connectivity index (χ4v) is 2.93. The maximum atomic E-state index is 10.7. The molecule has 2 atom stereocenters. The molecule has 0 spiro atoms. The van der Waals surface area contributed by atoms with Crippen LogP contribution < -0.4 is 0 Å². The van der Waals surface area contributed by atoms with E-state index in [1.54, 1.807) is 12.3 Å². The molecule has 1 aromatic rings. The summed E-state index contributed by atoms with van der Waals surface area (Å²) in [5.41, 5.74) is 3.64. The van der Waals surface area contributed by atoms with Gasteiger partial charge in [0.05, 0.1) is 17.9 Å². The number of nitrogens with zero attached hydrogens (tertiary/aromatic N) is 1. The van der Waals surface area contributed by atoms with E-state index in [0.29, 0.717) is 0 Å². The minimum atomic E-state index is -0.404. The van der Waals surface area contributed by atoms with E-state index in [2.05, 4.69) is 44.8 Å². The molecule has 2 heterocycles. The Balaban J connectivity index is 1.73. The van der Waals surface area contributed by atoms with E-state index in [-0.39, 0.29) is 17.5 Å². The van der Waals surface area contributed by atoms with Crippen LogP contribution in [0.5, 0.6) is 0 Å². The number of allylic oxidation sites excluding steroid dienone is 4. The first-order chi connectivity index (χ1) is 11.3. The van der Waals surface area contributed by atoms with Crippen LogP contribution in [0.1, 0.15) is 58.9 Å². The van der Waals surface area contributed by atoms with Crippen LogP contribution in [0.25, 0.3) is 0 Å². The molecule has 132 valence electrons. The van der Waals surface area contributed by atoms with E-state index in [1.807, 2.05) is 0 Å². The monoisotopic (exact) mass is 332 g/mol. The van der Waals surface area contributed by atoms with Crippen molar-refractivity contribution >= 4 is 5.82 Å². The first-order valence-corrected chi connectivity index (χ1v) is 8.58. The molecular formula is C19H28N2O3. The first-order valence-electron chi connectivity index (χ1n) is 8.58. The van der Waals surface area contributed by atoms with Gasteiger partial charge in [-0.15, -0.1) is 0 Å². The summed E-state index contributed by atoms with van der Waals surface area (Å²) in [6.07, 6.45) is 11.4. The maximum Gasteiger partial charge on any atom is 0.321 e. The highest BCUT2D eigenvalue weighted by molar-refractivity contribution is 5.28. The summed E-state index contributed by atoms with van der Waals surface area (Å²) in [7, 11) is 0. The Hall–Kier alpha value is -1.88. The third-order valence-corrected chi connectivity index (χ3v) is 4.61. The van der Waals surface area contributed by atoms with Crippen molar-refractivity contribution in [1.82, 2.24) is 4.98 Å². The summed E-state index contributed by atoms with van der Waals surface area (Å²) in [4.78, 5) is 13.0. The summed E-state index contributed by atoms with van der Waals surface area (Å²) >= 11 is 0. The summed E-state index contributed by atoms with van der Waals surface area (Å²) in [5.74, 6) is 0.0438. The molecule has 1 aromatic heterocycles. The van der Waals surface area contributed by atoms with Gasteiger partial charge in [-0.1, -0.05) is 23.3 Å². The molecule has 1 fully saturated rings. The Bertz CT molecular complexity index is 641. The van der Waals surface area contributed by atoms with Gasteiger partial charge in [0.25, 0.3) is 0 Å². The molecule has 24 heavy (non-hydrogen) atoms. The molecule has 1 aliphatic heterocycles. The first kappa shape index (κ1) is 18.5. The zero-order chi connectivity index (χ0) is 17.7. The number of rotatable bonds is 9. The van der Waals surface area contributed by atoms with Gasteiger partial charge >= 0.3 is 5.82 Å². The van der Waals surface area contributed by atoms with Gasteiger partial charge in [-0.25, -0.2) is 4.98 Å². The standard InChI is InChI=1S/C19H28N2O3/c1-14(2)7-5-8-15(3)9-6-10-19(4)17(24-19)11-16-12-18(20-13-16)21(22)23/h7,9,12-13,17,20H,5-6,8,10-11H2,1-4H3/t17-,19-/m1/s1. The second-order valence-corrected chi connectivity index (χ2v) is 7.18. The fourth-order valence-electron chi connectivity index (χ4n) is 2.93. The minimum absolute atomic E-state index is 0.0438. The van der Waals surface area contributed by atoms with Crippen LogP contribution >= 0.6 is 0 Å². The van der Waals surface area contributed by atoms with Gasteiger partial charge < -0.3 is 14.9 Å². The molecule has 0 amide bonds. The van der Waals surface area contributed by atoms with E-state index in [9.17, 15) is 10.1 Å². The number of aromatic amines is 1. The topological polar surface area (TPSA) is 71.5 Å². The van der Waals surface area contributed by atoms with Crippen LogP contribution in [0.2, 0.25) is 0 Å². The average Bonchev–Trinajstić information content (AvgIpc) is 2.91. The molecule has 0 radical (unpaired) electrons. The number of nitrogens with one attached hydrogen (secondary N) is 1. The Morgan fingerprint density at radius 2 is 2.12 bits per heavy atom. The van der Waals surface area contributed by atoms with E-state index >= 15 is 0 Å². The van der Waals surface area contributed by atoms with E-state index in [4.69, 9.17) is 4.74 Å². The molecule has 5 nitrogen and oxygen atoms in total. The molecule has 1 saturated heterocycles. The number of epoxide rings is 1. The molecule has 0 saturated carbocycles. The Kier molecular flexibility index (Phi) is 5.99. The van der Waals surface area contributed by atoms with Crippen LogP contribution in [0.4, 0.5) is 5.82 Å². The van der Waals surface area contributed by atoms with Crippen LogP contribution in [-0.4, -0.2) is 21.6 Å². The average molecular weight is 332 g/mol. The van der Waals surface area contributed by atoms with Crippen molar-refractivity contribution in [2.75, 3.05) is 0 Å². The number of nitro groups is 1. The predicted octanol–water partition coefficient (Wildman–Crippen LogP) is 5.10. The van der Waals surface area contributed by atoms with Gasteiger partial charge in [-0.05, 0) is 58.3 Å². The minimum Gasteiger partial charge on any atom is -0.366 e. The number of hydrogen-bond donors (Lipinski definition) is 1. The van der Waals surface area contributed by atoms with Crippen LogP contribution in [-0.2, 0) is 11.2 Å². The number of ether oxygens (including phenoxy) is 1. The molecular weight excluding hydrogens is 304 g/mol. The number of aromatic nitrogens is 1. The third kappa shape index (κ3) is 5.34. The normalized spacial score (nSPS) is 23.2. The summed E-state index contributed by atoms with van der Waals surface area (Å²) in [6.45, 7) is 8.57. The zero-order valence-corrected chi connectivity index (χ0v) is 15.1. The van der Waals surface area contributed by atoms with Gasteiger partial charge in [0.1, 0.15) is 0 Å². The fraction of sp³-hybridized carbons (Fsp3) is 0.579. The highest BCUT2D eigenvalue weighted by Crippen LogP contribution is 2.42. The lowest BCUT2D eigenvalue weighted by Crippen LogP contribution is -2.11. The Labute approximate surface area is 143 Å².